The van der Waals surface area contributed by atoms with Gasteiger partial charge in [0.05, 0.1) is 0 Å². The minimum Gasteiger partial charge on any atom is -0.0625 e. The Morgan fingerprint density at radius 1 is 0.527 bits per heavy atom. The van der Waals surface area contributed by atoms with E-state index in [0.29, 0.717) is 21.7 Å². The minimum atomic E-state index is 0.467. The Morgan fingerprint density at radius 3 is 2.00 bits per heavy atom. The van der Waals surface area contributed by atoms with Crippen molar-refractivity contribution in [3.8, 4) is 0 Å². The van der Waals surface area contributed by atoms with Crippen LogP contribution in [-0.2, 0) is 0 Å². The maximum atomic E-state index is 3.08. The molecule has 12 fully saturated rings. The summed E-state index contributed by atoms with van der Waals surface area (Å²) in [6.45, 7) is 22.1. The maximum absolute atomic E-state index is 3.08. The fraction of sp³-hybridized carbons (Fsp3) is 1.00. The van der Waals surface area contributed by atoms with Gasteiger partial charge in [-0.2, -0.15) is 0 Å². The van der Waals surface area contributed by atoms with E-state index in [1.54, 1.807) is 128 Å². The van der Waals surface area contributed by atoms with Crippen molar-refractivity contribution in [2.75, 3.05) is 0 Å². The highest BCUT2D eigenvalue weighted by Crippen LogP contribution is 2.89. The molecule has 0 radical (unpaired) electrons. The lowest BCUT2D eigenvalue weighted by Gasteiger charge is -2.72. The predicted octanol–water partition coefficient (Wildman–Crippen LogP) is 15.0. The van der Waals surface area contributed by atoms with Gasteiger partial charge in [-0.1, -0.05) is 100 Å². The molecule has 23 atom stereocenters. The summed E-state index contributed by atoms with van der Waals surface area (Å²) in [5, 5.41) is 0. The second kappa shape index (κ2) is 12.3. The highest BCUT2D eigenvalue weighted by molar-refractivity contribution is 5.31. The summed E-state index contributed by atoms with van der Waals surface area (Å²) in [7, 11) is 0. The molecule has 55 heavy (non-hydrogen) atoms. The number of hydrogen-bond donors (Lipinski definition) is 0. The molecule has 23 unspecified atom stereocenters. The molecular weight excluding hydrogens is 661 g/mol. The van der Waals surface area contributed by atoms with Crippen LogP contribution < -0.4 is 0 Å². The van der Waals surface area contributed by atoms with Crippen LogP contribution in [0.3, 0.4) is 0 Å². The topological polar surface area (TPSA) is 0 Å². The van der Waals surface area contributed by atoms with E-state index in [4.69, 9.17) is 0 Å². The van der Waals surface area contributed by atoms with Crippen molar-refractivity contribution in [3.05, 3.63) is 0 Å². The fourth-order valence-corrected chi connectivity index (χ4v) is 24.3. The molecule has 0 aromatic rings. The minimum absolute atomic E-state index is 0.467. The third kappa shape index (κ3) is 4.66. The normalized spacial score (nSPS) is 60.9. The molecule has 12 saturated carbocycles. The van der Waals surface area contributed by atoms with Crippen molar-refractivity contribution in [2.45, 2.75) is 190 Å². The van der Waals surface area contributed by atoms with Crippen LogP contribution in [0, 0.1) is 152 Å². The Morgan fingerprint density at radius 2 is 1.24 bits per heavy atom. The van der Waals surface area contributed by atoms with Gasteiger partial charge in [-0.3, -0.25) is 0 Å². The zero-order valence-corrected chi connectivity index (χ0v) is 37.6. The van der Waals surface area contributed by atoms with Gasteiger partial charge in [0.2, 0.25) is 0 Å². The van der Waals surface area contributed by atoms with Crippen LogP contribution in [0.25, 0.3) is 0 Å². The van der Waals surface area contributed by atoms with Crippen LogP contribution in [-0.4, -0.2) is 0 Å². The zero-order valence-electron chi connectivity index (χ0n) is 37.6. The highest BCUT2D eigenvalue weighted by atomic mass is 14.9. The molecule has 1 spiro atoms. The van der Waals surface area contributed by atoms with Crippen LogP contribution in [0.5, 0.6) is 0 Å². The Bertz CT molecular complexity index is 1490. The second-order valence-electron chi connectivity index (χ2n) is 27.5. The summed E-state index contributed by atoms with van der Waals surface area (Å²) in [4.78, 5) is 0. The van der Waals surface area contributed by atoms with Gasteiger partial charge in [-0.25, -0.2) is 0 Å². The lowest BCUT2D eigenvalue weighted by atomic mass is 9.32. The van der Waals surface area contributed by atoms with Crippen molar-refractivity contribution in [2.24, 2.45) is 152 Å². The molecule has 0 heterocycles. The van der Waals surface area contributed by atoms with E-state index in [2.05, 4.69) is 55.4 Å². The van der Waals surface area contributed by atoms with Crippen LogP contribution >= 0.6 is 0 Å². The molecule has 0 aromatic carbocycles. The zero-order chi connectivity index (χ0) is 37.6. The Balaban J connectivity index is 1.10. The first-order valence-corrected chi connectivity index (χ1v) is 26.4. The van der Waals surface area contributed by atoms with Gasteiger partial charge in [-0.05, 0) is 242 Å². The van der Waals surface area contributed by atoms with E-state index >= 15 is 0 Å². The van der Waals surface area contributed by atoms with E-state index in [0.717, 1.165) is 130 Å². The van der Waals surface area contributed by atoms with Gasteiger partial charge in [-0.15, -0.1) is 0 Å². The first-order chi connectivity index (χ1) is 26.4. The number of fused-ring (bicyclic) bond motifs is 10. The van der Waals surface area contributed by atoms with Crippen molar-refractivity contribution in [1.29, 1.82) is 0 Å². The summed E-state index contributed by atoms with van der Waals surface area (Å²) in [5.41, 5.74) is 2.40. The van der Waals surface area contributed by atoms with E-state index in [1.165, 1.54) is 6.42 Å². The summed E-state index contributed by atoms with van der Waals surface area (Å²) in [5.74, 6) is 23.5. The van der Waals surface area contributed by atoms with E-state index in [1.807, 2.05) is 0 Å². The maximum Gasteiger partial charge on any atom is -0.0165 e. The van der Waals surface area contributed by atoms with Gasteiger partial charge in [0.1, 0.15) is 0 Å². The fourth-order valence-electron chi connectivity index (χ4n) is 24.3. The Hall–Kier alpha value is 0. The Kier molecular flexibility index (Phi) is 8.24. The largest absolute Gasteiger partial charge is 0.0625 e. The molecule has 0 bridgehead atoms. The molecule has 0 amide bonds. The van der Waals surface area contributed by atoms with Gasteiger partial charge in [0, 0.05) is 0 Å². The molecule has 0 saturated heterocycles. The van der Waals surface area contributed by atoms with E-state index in [9.17, 15) is 0 Å². The molecule has 12 rings (SSSR count). The number of rotatable bonds is 2. The van der Waals surface area contributed by atoms with Crippen LogP contribution in [0.1, 0.15) is 190 Å². The highest BCUT2D eigenvalue weighted by Gasteiger charge is 2.84. The van der Waals surface area contributed by atoms with E-state index in [-0.39, 0.29) is 0 Å². The van der Waals surface area contributed by atoms with Gasteiger partial charge >= 0.3 is 0 Å². The molecule has 0 heteroatoms. The third-order valence-corrected chi connectivity index (χ3v) is 24.6. The molecule has 0 aliphatic heterocycles. The Labute approximate surface area is 340 Å². The average molecular weight is 749 g/mol. The molecule has 12 aliphatic carbocycles. The summed E-state index contributed by atoms with van der Waals surface area (Å²) >= 11 is 0. The summed E-state index contributed by atoms with van der Waals surface area (Å²) < 4.78 is 0. The standard InChI is InChI=1S/C55H88/c1-30(2)32-19-20-39-40(27-32)38-17-14-18-43-45(38)44(39)41-24-31(3)23-34-25-35-26-36(52(4,5)6)28-42-46-50(55(43,47(34)41)48(35)42)49-37-16-11-10-15-33(37)29-54(49,8)51(46)53(7)21-12-9-13-22-53/h30-51H,9-29H2,1-8H3. The van der Waals surface area contributed by atoms with E-state index < -0.39 is 0 Å². The van der Waals surface area contributed by atoms with Gasteiger partial charge in [0.15, 0.2) is 0 Å². The summed E-state index contributed by atoms with van der Waals surface area (Å²) in [6, 6.07) is 0. The van der Waals surface area contributed by atoms with Crippen molar-refractivity contribution < 1.29 is 0 Å². The third-order valence-electron chi connectivity index (χ3n) is 24.6. The van der Waals surface area contributed by atoms with Gasteiger partial charge < -0.3 is 0 Å². The molecule has 0 nitrogen and oxygen atoms in total. The quantitative estimate of drug-likeness (QED) is 0.264. The molecule has 0 aromatic heterocycles. The number of hydrogen-bond acceptors (Lipinski definition) is 0. The second-order valence-corrected chi connectivity index (χ2v) is 27.5. The average Bonchev–Trinajstić information content (AvgIpc) is 3.81. The monoisotopic (exact) mass is 749 g/mol. The van der Waals surface area contributed by atoms with Crippen LogP contribution in [0.15, 0.2) is 0 Å². The van der Waals surface area contributed by atoms with Crippen LogP contribution in [0.4, 0.5) is 0 Å². The van der Waals surface area contributed by atoms with Crippen molar-refractivity contribution in [3.63, 3.8) is 0 Å². The molecule has 308 valence electrons. The molecular formula is C55H88. The first-order valence-electron chi connectivity index (χ1n) is 26.4. The first kappa shape index (κ1) is 36.8. The lowest BCUT2D eigenvalue weighted by molar-refractivity contribution is -0.248. The molecule has 12 aliphatic rings. The SMILES string of the molecule is CC1CC2CC3CC(C(C)(C)C)CC4C5C(C6(C)CCCCC6)C6(C)CC7CCCCC7C6C5C5(C6CCCC7C8CC(C(C)C)CCC8C(C(C1)C25)C76)C34. The predicted molar refractivity (Wildman–Crippen MR) is 229 cm³/mol. The van der Waals surface area contributed by atoms with Crippen LogP contribution in [0.2, 0.25) is 0 Å². The lowest BCUT2D eigenvalue weighted by Crippen LogP contribution is -2.67. The summed E-state index contributed by atoms with van der Waals surface area (Å²) in [6.07, 6.45) is 33.8. The smallest absolute Gasteiger partial charge is 0.0165 e. The van der Waals surface area contributed by atoms with Crippen molar-refractivity contribution in [1.82, 2.24) is 0 Å². The molecule has 0 N–H and O–H groups in total. The van der Waals surface area contributed by atoms with Crippen molar-refractivity contribution >= 4 is 0 Å². The van der Waals surface area contributed by atoms with Gasteiger partial charge in [0.25, 0.3) is 0 Å².